The number of hydrogen-bond donors (Lipinski definition) is 0. The third kappa shape index (κ3) is 5.61. The fourth-order valence-electron chi connectivity index (χ4n) is 3.84. The van der Waals surface area contributed by atoms with Crippen molar-refractivity contribution in [2.75, 3.05) is 0 Å². The Hall–Kier alpha value is -4.45. The highest BCUT2D eigenvalue weighted by Crippen LogP contribution is 2.28. The maximum absolute atomic E-state index is 13.2. The molecule has 0 aliphatic heterocycles. The third-order valence-corrected chi connectivity index (χ3v) is 5.55. The summed E-state index contributed by atoms with van der Waals surface area (Å²) in [5.74, 6) is 3.86. The lowest BCUT2D eigenvalue weighted by molar-refractivity contribution is 0.480. The predicted octanol–water partition coefficient (Wildman–Crippen LogP) is 7.86. The van der Waals surface area contributed by atoms with E-state index < -0.39 is 0 Å². The number of halogens is 1. The zero-order valence-corrected chi connectivity index (χ0v) is 20.1. The van der Waals surface area contributed by atoms with Crippen LogP contribution in [0.5, 0.6) is 23.0 Å². The van der Waals surface area contributed by atoms with Crippen molar-refractivity contribution in [3.05, 3.63) is 115 Å². The molecule has 2 heterocycles. The largest absolute Gasteiger partial charge is 0.457 e. The van der Waals surface area contributed by atoms with Gasteiger partial charge in [-0.3, -0.25) is 4.98 Å². The molecule has 0 saturated carbocycles. The fraction of sp³-hybridized carbons (Fsp3) is 0.133. The highest BCUT2D eigenvalue weighted by atomic mass is 19.1. The normalized spacial score (nSPS) is 11.0. The lowest BCUT2D eigenvalue weighted by Gasteiger charge is -2.11. The highest BCUT2D eigenvalue weighted by Gasteiger charge is 2.13. The summed E-state index contributed by atoms with van der Waals surface area (Å²) in [6, 6.07) is 25.4. The van der Waals surface area contributed by atoms with E-state index in [1.165, 1.54) is 12.1 Å². The molecule has 6 heteroatoms. The summed E-state index contributed by atoms with van der Waals surface area (Å²) in [6.07, 6.45) is 6.30. The van der Waals surface area contributed by atoms with Gasteiger partial charge in [0, 0.05) is 30.1 Å². The topological polar surface area (TPSA) is 49.2 Å². The lowest BCUT2D eigenvalue weighted by Crippen LogP contribution is -2.04. The molecule has 0 N–H and O–H groups in total. The van der Waals surface area contributed by atoms with Gasteiger partial charge in [0.05, 0.1) is 11.9 Å². The van der Waals surface area contributed by atoms with Gasteiger partial charge in [-0.05, 0) is 90.8 Å². The van der Waals surface area contributed by atoms with Crippen molar-refractivity contribution in [1.29, 1.82) is 0 Å². The van der Waals surface area contributed by atoms with Crippen LogP contribution in [0.25, 0.3) is 16.9 Å². The Kier molecular flexibility index (Phi) is 6.76. The number of imidazole rings is 1. The van der Waals surface area contributed by atoms with Crippen LogP contribution >= 0.6 is 0 Å². The van der Waals surface area contributed by atoms with Crippen LogP contribution in [0.3, 0.4) is 0 Å². The first kappa shape index (κ1) is 23.3. The minimum absolute atomic E-state index is 0.290. The van der Waals surface area contributed by atoms with Gasteiger partial charge in [-0.1, -0.05) is 13.8 Å². The summed E-state index contributed by atoms with van der Waals surface area (Å²) in [6.45, 7) is 4.37. The first-order chi connectivity index (χ1) is 17.5. The van der Waals surface area contributed by atoms with Gasteiger partial charge in [0.25, 0.3) is 0 Å². The van der Waals surface area contributed by atoms with Crippen LogP contribution in [0, 0.1) is 11.7 Å². The average molecular weight is 480 g/mol. The second-order valence-electron chi connectivity index (χ2n) is 8.88. The number of nitrogens with zero attached hydrogens (tertiary/aromatic N) is 3. The van der Waals surface area contributed by atoms with Crippen LogP contribution in [0.1, 0.15) is 19.7 Å². The molecule has 180 valence electrons. The SMILES string of the molecule is CC(C)Cc1nc(-c2ccc(Oc3cccnc3)cc2)cn1-c1ccc(Oc2ccc(F)cc2)cc1. The van der Waals surface area contributed by atoms with Gasteiger partial charge in [-0.2, -0.15) is 0 Å². The highest BCUT2D eigenvalue weighted by molar-refractivity contribution is 5.61. The second-order valence-corrected chi connectivity index (χ2v) is 8.88. The Morgan fingerprint density at radius 2 is 1.39 bits per heavy atom. The van der Waals surface area contributed by atoms with Crippen molar-refractivity contribution < 1.29 is 13.9 Å². The molecule has 0 spiro atoms. The quantitative estimate of drug-likeness (QED) is 0.227. The molecule has 0 aliphatic rings. The van der Waals surface area contributed by atoms with Crippen molar-refractivity contribution >= 4 is 0 Å². The molecule has 0 saturated heterocycles. The third-order valence-electron chi connectivity index (χ3n) is 5.55. The monoisotopic (exact) mass is 479 g/mol. The molecule has 0 bridgehead atoms. The summed E-state index contributed by atoms with van der Waals surface area (Å²) < 4.78 is 27.0. The summed E-state index contributed by atoms with van der Waals surface area (Å²) in [7, 11) is 0. The van der Waals surface area contributed by atoms with Gasteiger partial charge in [0.1, 0.15) is 34.6 Å². The van der Waals surface area contributed by atoms with Crippen molar-refractivity contribution in [3.8, 4) is 39.9 Å². The summed E-state index contributed by atoms with van der Waals surface area (Å²) in [4.78, 5) is 9.04. The fourth-order valence-corrected chi connectivity index (χ4v) is 3.84. The Morgan fingerprint density at radius 1 is 0.778 bits per heavy atom. The number of ether oxygens (including phenoxy) is 2. The molecule has 0 atom stereocenters. The van der Waals surface area contributed by atoms with Gasteiger partial charge < -0.3 is 14.0 Å². The summed E-state index contributed by atoms with van der Waals surface area (Å²) in [5, 5.41) is 0. The molecule has 0 radical (unpaired) electrons. The van der Waals surface area contributed by atoms with E-state index in [-0.39, 0.29) is 5.82 Å². The molecular formula is C30H26FN3O2. The van der Waals surface area contributed by atoms with E-state index in [2.05, 4.69) is 29.6 Å². The van der Waals surface area contributed by atoms with E-state index in [4.69, 9.17) is 14.5 Å². The van der Waals surface area contributed by atoms with E-state index >= 15 is 0 Å². The molecule has 5 rings (SSSR count). The molecule has 36 heavy (non-hydrogen) atoms. The minimum Gasteiger partial charge on any atom is -0.457 e. The van der Waals surface area contributed by atoms with Crippen LogP contribution in [-0.2, 0) is 6.42 Å². The Morgan fingerprint density at radius 3 is 2.00 bits per heavy atom. The summed E-state index contributed by atoms with van der Waals surface area (Å²) >= 11 is 0. The van der Waals surface area contributed by atoms with Gasteiger partial charge in [-0.25, -0.2) is 9.37 Å². The molecule has 0 aliphatic carbocycles. The minimum atomic E-state index is -0.290. The van der Waals surface area contributed by atoms with E-state index in [0.717, 1.165) is 34.9 Å². The number of rotatable bonds is 8. The Balaban J connectivity index is 1.38. The van der Waals surface area contributed by atoms with Crippen molar-refractivity contribution in [1.82, 2.24) is 14.5 Å². The van der Waals surface area contributed by atoms with Gasteiger partial charge >= 0.3 is 0 Å². The number of hydrogen-bond acceptors (Lipinski definition) is 4. The van der Waals surface area contributed by atoms with Gasteiger partial charge in [-0.15, -0.1) is 0 Å². The van der Waals surface area contributed by atoms with Crippen LogP contribution in [0.4, 0.5) is 4.39 Å². The number of benzene rings is 3. The van der Waals surface area contributed by atoms with E-state index in [0.29, 0.717) is 23.2 Å². The molecular weight excluding hydrogens is 453 g/mol. The summed E-state index contributed by atoms with van der Waals surface area (Å²) in [5.41, 5.74) is 2.89. The maximum Gasteiger partial charge on any atom is 0.145 e. The Bertz CT molecular complexity index is 1410. The zero-order chi connectivity index (χ0) is 24.9. The molecule has 0 unspecified atom stereocenters. The molecule has 5 aromatic rings. The maximum atomic E-state index is 13.2. The van der Waals surface area contributed by atoms with E-state index in [9.17, 15) is 4.39 Å². The van der Waals surface area contributed by atoms with E-state index in [1.807, 2.05) is 60.7 Å². The molecule has 2 aromatic heterocycles. The lowest BCUT2D eigenvalue weighted by atomic mass is 10.1. The second kappa shape index (κ2) is 10.4. The number of aromatic nitrogens is 3. The zero-order valence-electron chi connectivity index (χ0n) is 20.1. The Labute approximate surface area is 209 Å². The van der Waals surface area contributed by atoms with Crippen molar-refractivity contribution in [2.24, 2.45) is 5.92 Å². The predicted molar refractivity (Wildman–Crippen MR) is 138 cm³/mol. The molecule has 0 amide bonds. The van der Waals surface area contributed by atoms with Crippen LogP contribution in [0.2, 0.25) is 0 Å². The average Bonchev–Trinajstić information content (AvgIpc) is 3.30. The first-order valence-electron chi connectivity index (χ1n) is 11.8. The van der Waals surface area contributed by atoms with Crippen molar-refractivity contribution in [3.63, 3.8) is 0 Å². The van der Waals surface area contributed by atoms with Crippen LogP contribution in [-0.4, -0.2) is 14.5 Å². The van der Waals surface area contributed by atoms with Crippen LogP contribution in [0.15, 0.2) is 104 Å². The standard InChI is InChI=1S/C30H26FN3O2/c1-21(2)18-30-33-29(22-5-11-25(12-6-22)36-28-4-3-17-32-19-28)20-34(30)24-9-15-27(16-10-24)35-26-13-7-23(31)8-14-26/h3-17,19-21H,18H2,1-2H3. The van der Waals surface area contributed by atoms with Gasteiger partial charge in [0.15, 0.2) is 0 Å². The smallest absolute Gasteiger partial charge is 0.145 e. The van der Waals surface area contributed by atoms with E-state index in [1.54, 1.807) is 24.5 Å². The number of pyridine rings is 1. The first-order valence-corrected chi connectivity index (χ1v) is 11.8. The molecule has 3 aromatic carbocycles. The van der Waals surface area contributed by atoms with Crippen molar-refractivity contribution in [2.45, 2.75) is 20.3 Å². The molecule has 5 nitrogen and oxygen atoms in total. The van der Waals surface area contributed by atoms with Gasteiger partial charge in [0.2, 0.25) is 0 Å². The molecule has 0 fully saturated rings. The van der Waals surface area contributed by atoms with Crippen LogP contribution < -0.4 is 9.47 Å².